The lowest BCUT2D eigenvalue weighted by molar-refractivity contribution is -0.241. The van der Waals surface area contributed by atoms with Crippen molar-refractivity contribution in [3.05, 3.63) is 71.8 Å². The maximum Gasteiger partial charge on any atom is 0.416 e. The van der Waals surface area contributed by atoms with Gasteiger partial charge in [0, 0.05) is 31.6 Å². The average molecular weight is 706 g/mol. The maximum absolute atomic E-state index is 13.9. The molecule has 0 spiro atoms. The predicted molar refractivity (Wildman–Crippen MR) is 162 cm³/mol. The van der Waals surface area contributed by atoms with Gasteiger partial charge in [0.15, 0.2) is 9.84 Å². The van der Waals surface area contributed by atoms with E-state index in [-0.39, 0.29) is 52.0 Å². The van der Waals surface area contributed by atoms with Crippen molar-refractivity contribution in [3.8, 4) is 5.75 Å². The number of hydrogen-bond donors (Lipinski definition) is 2. The summed E-state index contributed by atoms with van der Waals surface area (Å²) < 4.78 is 101. The third kappa shape index (κ3) is 9.48. The molecule has 1 aliphatic rings. The fourth-order valence-corrected chi connectivity index (χ4v) is 6.18. The van der Waals surface area contributed by atoms with Crippen LogP contribution in [0.25, 0.3) is 0 Å². The Labute approximate surface area is 272 Å². The molecule has 2 aromatic heterocycles. The Bertz CT molecular complexity index is 1600. The van der Waals surface area contributed by atoms with E-state index in [9.17, 15) is 40.3 Å². The zero-order chi connectivity index (χ0) is 34.4. The van der Waals surface area contributed by atoms with Crippen LogP contribution in [0.4, 0.5) is 27.9 Å². The molecule has 1 aromatic carbocycles. The molecule has 1 aliphatic heterocycles. The second-order valence-corrected chi connectivity index (χ2v) is 13.8. The number of aromatic nitrogens is 3. The Kier molecular flexibility index (Phi) is 11.6. The number of carbonyl (C=O) groups is 1. The molecule has 1 fully saturated rings. The van der Waals surface area contributed by atoms with Gasteiger partial charge in [-0.1, -0.05) is 13.8 Å². The molecule has 0 radical (unpaired) electrons. The van der Waals surface area contributed by atoms with Gasteiger partial charge in [0.05, 0.1) is 70.1 Å². The number of rotatable bonds is 14. The lowest BCUT2D eigenvalue weighted by Crippen LogP contribution is -2.37. The third-order valence-corrected chi connectivity index (χ3v) is 9.86. The van der Waals surface area contributed by atoms with Crippen molar-refractivity contribution in [2.75, 3.05) is 30.4 Å². The van der Waals surface area contributed by atoms with Crippen molar-refractivity contribution in [2.24, 2.45) is 0 Å². The Morgan fingerprint density at radius 1 is 1.06 bits per heavy atom. The van der Waals surface area contributed by atoms with Gasteiger partial charge in [-0.25, -0.2) is 18.4 Å². The highest BCUT2D eigenvalue weighted by Gasteiger charge is 2.38. The first-order chi connectivity index (χ1) is 22.2. The van der Waals surface area contributed by atoms with Crippen molar-refractivity contribution in [1.29, 1.82) is 0 Å². The van der Waals surface area contributed by atoms with Crippen LogP contribution in [0.15, 0.2) is 59.9 Å². The van der Waals surface area contributed by atoms with Gasteiger partial charge in [-0.2, -0.15) is 22.0 Å². The minimum atomic E-state index is -4.49. The van der Waals surface area contributed by atoms with Crippen molar-refractivity contribution < 1.29 is 49.2 Å². The van der Waals surface area contributed by atoms with Crippen molar-refractivity contribution in [1.82, 2.24) is 20.3 Å². The second kappa shape index (κ2) is 15.1. The van der Waals surface area contributed by atoms with Gasteiger partial charge in [0.25, 0.3) is 5.91 Å². The van der Waals surface area contributed by atoms with Gasteiger partial charge in [0.1, 0.15) is 5.75 Å². The summed E-state index contributed by atoms with van der Waals surface area (Å²) in [5.41, 5.74) is -0.592. The number of aliphatic hydroxyl groups is 1. The van der Waals surface area contributed by atoms with E-state index in [0.717, 1.165) is 30.4 Å². The molecule has 0 bridgehead atoms. The molecule has 0 aliphatic carbocycles. The smallest absolute Gasteiger partial charge is 0.416 e. The SMILES string of the molecule is CCC(F)(F)OC[C@@H]1CC(SOc2ccc(C(F)(F)F)cc2)CN1c1ncc(C(=O)N[C@@H](CO)c2ccc(S(=O)(=O)CC)cn2)cn1. The van der Waals surface area contributed by atoms with Crippen molar-refractivity contribution in [2.45, 2.75) is 61.2 Å². The summed E-state index contributed by atoms with van der Waals surface area (Å²) in [7, 11) is -3.49. The summed E-state index contributed by atoms with van der Waals surface area (Å²) in [5.74, 6) is -0.487. The normalized spacial score (nSPS) is 17.8. The van der Waals surface area contributed by atoms with Gasteiger partial charge >= 0.3 is 12.3 Å². The van der Waals surface area contributed by atoms with Crippen LogP contribution >= 0.6 is 12.0 Å². The van der Waals surface area contributed by atoms with Gasteiger partial charge in [-0.05, 0) is 42.8 Å². The lowest BCUT2D eigenvalue weighted by Gasteiger charge is -2.26. The number of amides is 1. The molecule has 256 valence electrons. The molecule has 2 N–H and O–H groups in total. The number of nitrogens with one attached hydrogen (secondary N) is 1. The maximum atomic E-state index is 13.9. The van der Waals surface area contributed by atoms with E-state index < -0.39 is 58.7 Å². The molecule has 3 heterocycles. The summed E-state index contributed by atoms with van der Waals surface area (Å²) in [4.78, 5) is 27.1. The molecule has 3 atom stereocenters. The number of nitrogens with zero attached hydrogens (tertiary/aromatic N) is 4. The van der Waals surface area contributed by atoms with E-state index in [0.29, 0.717) is 6.42 Å². The number of sulfone groups is 1. The summed E-state index contributed by atoms with van der Waals surface area (Å²) in [5, 5.41) is 12.1. The van der Waals surface area contributed by atoms with Gasteiger partial charge in [-0.3, -0.25) is 9.78 Å². The second-order valence-electron chi connectivity index (χ2n) is 10.5. The molecule has 3 aromatic rings. The van der Waals surface area contributed by atoms with E-state index in [1.807, 2.05) is 0 Å². The molecule has 1 amide bonds. The molecule has 47 heavy (non-hydrogen) atoms. The number of pyridine rings is 1. The number of anilines is 1. The monoisotopic (exact) mass is 705 g/mol. The Morgan fingerprint density at radius 3 is 2.30 bits per heavy atom. The topological polar surface area (TPSA) is 144 Å². The van der Waals surface area contributed by atoms with E-state index in [2.05, 4.69) is 20.3 Å². The van der Waals surface area contributed by atoms with Crippen LogP contribution in [-0.2, 0) is 20.8 Å². The first kappa shape index (κ1) is 36.2. The largest absolute Gasteiger partial charge is 0.425 e. The zero-order valence-electron chi connectivity index (χ0n) is 25.2. The number of benzene rings is 1. The highest BCUT2D eigenvalue weighted by Crippen LogP contribution is 2.35. The Hall–Kier alpha value is -3.61. The number of carbonyl (C=O) groups excluding carboxylic acids is 1. The third-order valence-electron chi connectivity index (χ3n) is 7.24. The Morgan fingerprint density at radius 2 is 1.74 bits per heavy atom. The minimum Gasteiger partial charge on any atom is -0.425 e. The quantitative estimate of drug-likeness (QED) is 0.176. The van der Waals surface area contributed by atoms with E-state index in [4.69, 9.17) is 8.92 Å². The van der Waals surface area contributed by atoms with Crippen LogP contribution in [0, 0.1) is 0 Å². The van der Waals surface area contributed by atoms with Crippen LogP contribution in [-0.4, -0.2) is 77.3 Å². The fraction of sp³-hybridized carbons (Fsp3) is 0.448. The average Bonchev–Trinajstić information content (AvgIpc) is 3.48. The fourth-order valence-electron chi connectivity index (χ4n) is 4.48. The predicted octanol–water partition coefficient (Wildman–Crippen LogP) is 4.84. The molecule has 4 rings (SSSR count). The molecular formula is C29H32F5N5O6S2. The van der Waals surface area contributed by atoms with Crippen LogP contribution in [0.3, 0.4) is 0 Å². The first-order valence-corrected chi connectivity index (χ1v) is 16.8. The molecule has 1 saturated heterocycles. The van der Waals surface area contributed by atoms with E-state index in [1.165, 1.54) is 50.5 Å². The van der Waals surface area contributed by atoms with Crippen molar-refractivity contribution >= 4 is 33.7 Å². The summed E-state index contributed by atoms with van der Waals surface area (Å²) in [6, 6.07) is 5.27. The molecule has 1 unspecified atom stereocenters. The van der Waals surface area contributed by atoms with Gasteiger partial charge < -0.3 is 24.2 Å². The minimum absolute atomic E-state index is 0.00609. The molecular weight excluding hydrogens is 673 g/mol. The van der Waals surface area contributed by atoms with E-state index >= 15 is 0 Å². The zero-order valence-corrected chi connectivity index (χ0v) is 26.8. The number of aliphatic hydroxyl groups excluding tert-OH is 1. The van der Waals surface area contributed by atoms with Gasteiger partial charge in [-0.15, -0.1) is 0 Å². The number of ether oxygens (including phenoxy) is 1. The Balaban J connectivity index is 1.43. The van der Waals surface area contributed by atoms with Crippen molar-refractivity contribution in [3.63, 3.8) is 0 Å². The van der Waals surface area contributed by atoms with Crippen LogP contribution in [0.1, 0.15) is 54.3 Å². The van der Waals surface area contributed by atoms with Gasteiger partial charge in [0.2, 0.25) is 5.95 Å². The first-order valence-electron chi connectivity index (χ1n) is 14.4. The number of hydrogen-bond acceptors (Lipinski definition) is 11. The molecule has 0 saturated carbocycles. The summed E-state index contributed by atoms with van der Waals surface area (Å²) in [6.07, 6.45) is -4.52. The van der Waals surface area contributed by atoms with E-state index in [1.54, 1.807) is 4.90 Å². The number of halogens is 5. The summed E-state index contributed by atoms with van der Waals surface area (Å²) in [6.45, 7) is 2.06. The molecule has 11 nitrogen and oxygen atoms in total. The highest BCUT2D eigenvalue weighted by atomic mass is 32.2. The number of alkyl halides is 5. The highest BCUT2D eigenvalue weighted by molar-refractivity contribution is 7.95. The van der Waals surface area contributed by atoms with Crippen LogP contribution in [0.5, 0.6) is 5.75 Å². The standard InChI is InChI=1S/C29H32F5N5O6S2/c1-3-28(30,31)44-17-20-11-22(46-45-21-7-5-19(6-8-21)29(32,33)34)15-39(20)27-36-12-18(13-37-27)26(41)38-25(16-40)24-10-9-23(14-35-24)47(42,43)4-2/h5-10,12-14,20,22,25,40H,3-4,11,15-17H2,1-2H3,(H,38,41)/t20-,22?,25-/m0/s1. The summed E-state index contributed by atoms with van der Waals surface area (Å²) >= 11 is 0.962. The van der Waals surface area contributed by atoms with Crippen LogP contribution < -0.4 is 14.4 Å². The van der Waals surface area contributed by atoms with Crippen LogP contribution in [0.2, 0.25) is 0 Å². The molecule has 18 heteroatoms. The lowest BCUT2D eigenvalue weighted by atomic mass is 10.2.